The van der Waals surface area contributed by atoms with Crippen LogP contribution in [0.25, 0.3) is 0 Å². The lowest BCUT2D eigenvalue weighted by Crippen LogP contribution is -2.16. The molecule has 0 fully saturated rings. The third kappa shape index (κ3) is 4.68. The van der Waals surface area contributed by atoms with Crippen molar-refractivity contribution in [2.45, 2.75) is 6.42 Å². The molecule has 0 saturated heterocycles. The van der Waals surface area contributed by atoms with Crippen LogP contribution in [-0.2, 0) is 4.79 Å². The number of nitrogens with one attached hydrogen (secondary N) is 2. The van der Waals surface area contributed by atoms with E-state index in [9.17, 15) is 4.79 Å². The van der Waals surface area contributed by atoms with Crippen molar-refractivity contribution in [3.63, 3.8) is 0 Å². The van der Waals surface area contributed by atoms with Crippen LogP contribution in [-0.4, -0.2) is 19.6 Å². The maximum atomic E-state index is 11.8. The molecule has 110 valence electrons. The summed E-state index contributed by atoms with van der Waals surface area (Å²) >= 11 is 5.99. The Balaban J connectivity index is 1.80. The van der Waals surface area contributed by atoms with Crippen molar-refractivity contribution in [3.05, 3.63) is 53.6 Å². The number of para-hydroxylation sites is 1. The summed E-state index contributed by atoms with van der Waals surface area (Å²) in [4.78, 5) is 11.8. The summed E-state index contributed by atoms with van der Waals surface area (Å²) in [7, 11) is 1.62. The highest BCUT2D eigenvalue weighted by atomic mass is 35.5. The summed E-state index contributed by atoms with van der Waals surface area (Å²) in [6.45, 7) is 0.531. The average molecular weight is 305 g/mol. The van der Waals surface area contributed by atoms with E-state index in [1.165, 1.54) is 0 Å². The first kappa shape index (κ1) is 15.2. The third-order valence-corrected chi connectivity index (χ3v) is 3.23. The molecular formula is C16H17ClN2O2. The Bertz CT molecular complexity index is 617. The highest BCUT2D eigenvalue weighted by molar-refractivity contribution is 6.33. The van der Waals surface area contributed by atoms with Crippen LogP contribution < -0.4 is 15.4 Å². The van der Waals surface area contributed by atoms with Crippen molar-refractivity contribution in [2.75, 3.05) is 24.3 Å². The quantitative estimate of drug-likeness (QED) is 0.853. The van der Waals surface area contributed by atoms with Gasteiger partial charge in [0, 0.05) is 24.7 Å². The fourth-order valence-electron chi connectivity index (χ4n) is 1.83. The van der Waals surface area contributed by atoms with Crippen molar-refractivity contribution in [3.8, 4) is 5.75 Å². The van der Waals surface area contributed by atoms with Crippen LogP contribution in [0.15, 0.2) is 48.5 Å². The van der Waals surface area contributed by atoms with E-state index in [0.717, 1.165) is 11.4 Å². The number of methoxy groups -OCH3 is 1. The molecule has 1 amide bonds. The molecule has 2 N–H and O–H groups in total. The number of ether oxygens (including phenoxy) is 1. The molecule has 0 atom stereocenters. The largest absolute Gasteiger partial charge is 0.497 e. The fraction of sp³-hybridized carbons (Fsp3) is 0.188. The molecule has 0 heterocycles. The Kier molecular flexibility index (Phi) is 5.46. The number of hydrogen-bond acceptors (Lipinski definition) is 3. The molecular weight excluding hydrogens is 288 g/mol. The monoisotopic (exact) mass is 304 g/mol. The zero-order valence-corrected chi connectivity index (χ0v) is 12.5. The van der Waals surface area contributed by atoms with Crippen molar-refractivity contribution in [2.24, 2.45) is 0 Å². The second-order valence-electron chi connectivity index (χ2n) is 4.44. The van der Waals surface area contributed by atoms with Gasteiger partial charge >= 0.3 is 0 Å². The molecule has 0 unspecified atom stereocenters. The number of halogens is 1. The van der Waals surface area contributed by atoms with Gasteiger partial charge in [-0.2, -0.15) is 0 Å². The molecule has 2 rings (SSSR count). The third-order valence-electron chi connectivity index (χ3n) is 2.90. The van der Waals surface area contributed by atoms with Crippen LogP contribution in [0.4, 0.5) is 11.4 Å². The summed E-state index contributed by atoms with van der Waals surface area (Å²) in [5, 5.41) is 6.49. The molecule has 0 aliphatic carbocycles. The first-order chi connectivity index (χ1) is 10.2. The molecule has 21 heavy (non-hydrogen) atoms. The number of rotatable bonds is 6. The average Bonchev–Trinajstić information content (AvgIpc) is 2.50. The van der Waals surface area contributed by atoms with E-state index in [2.05, 4.69) is 10.6 Å². The lowest BCUT2D eigenvalue weighted by Gasteiger charge is -2.09. The van der Waals surface area contributed by atoms with E-state index >= 15 is 0 Å². The van der Waals surface area contributed by atoms with E-state index in [1.54, 1.807) is 19.2 Å². The molecule has 0 aliphatic rings. The van der Waals surface area contributed by atoms with Gasteiger partial charge in [0.25, 0.3) is 0 Å². The second-order valence-corrected chi connectivity index (χ2v) is 4.84. The van der Waals surface area contributed by atoms with Gasteiger partial charge in [-0.05, 0) is 24.3 Å². The summed E-state index contributed by atoms with van der Waals surface area (Å²) in [5.74, 6) is 0.694. The zero-order chi connectivity index (χ0) is 15.1. The van der Waals surface area contributed by atoms with Crippen LogP contribution in [0.2, 0.25) is 5.02 Å². The number of carbonyl (C=O) groups excluding carboxylic acids is 1. The Labute approximate surface area is 129 Å². The SMILES string of the molecule is COc1cccc(NCCC(=O)Nc2ccccc2Cl)c1. The van der Waals surface area contributed by atoms with Crippen LogP contribution in [0, 0.1) is 0 Å². The molecule has 0 radical (unpaired) electrons. The molecule has 2 aromatic rings. The molecule has 0 spiro atoms. The number of carbonyl (C=O) groups is 1. The van der Waals surface area contributed by atoms with Gasteiger partial charge in [-0.3, -0.25) is 4.79 Å². The molecule has 2 aromatic carbocycles. The van der Waals surface area contributed by atoms with Crippen LogP contribution in [0.5, 0.6) is 5.75 Å². The Morgan fingerprint density at radius 2 is 2.00 bits per heavy atom. The summed E-state index contributed by atoms with van der Waals surface area (Å²) in [6.07, 6.45) is 0.350. The number of anilines is 2. The maximum absolute atomic E-state index is 11.8. The van der Waals surface area contributed by atoms with Gasteiger partial charge in [0.15, 0.2) is 0 Å². The highest BCUT2D eigenvalue weighted by Crippen LogP contribution is 2.20. The van der Waals surface area contributed by atoms with E-state index < -0.39 is 0 Å². The van der Waals surface area contributed by atoms with Gasteiger partial charge in [-0.1, -0.05) is 29.8 Å². The summed E-state index contributed by atoms with van der Waals surface area (Å²) < 4.78 is 5.14. The lowest BCUT2D eigenvalue weighted by molar-refractivity contribution is -0.115. The minimum Gasteiger partial charge on any atom is -0.497 e. The predicted octanol–water partition coefficient (Wildman–Crippen LogP) is 3.79. The fourth-order valence-corrected chi connectivity index (χ4v) is 2.01. The van der Waals surface area contributed by atoms with E-state index in [4.69, 9.17) is 16.3 Å². The Morgan fingerprint density at radius 1 is 1.19 bits per heavy atom. The Hall–Kier alpha value is -2.20. The first-order valence-corrected chi connectivity index (χ1v) is 6.99. The van der Waals surface area contributed by atoms with E-state index in [0.29, 0.717) is 23.7 Å². The van der Waals surface area contributed by atoms with Crippen molar-refractivity contribution >= 4 is 28.9 Å². The van der Waals surface area contributed by atoms with Crippen molar-refractivity contribution in [1.82, 2.24) is 0 Å². The smallest absolute Gasteiger partial charge is 0.226 e. The molecule has 0 saturated carbocycles. The minimum atomic E-state index is -0.0847. The molecule has 0 aromatic heterocycles. The van der Waals surface area contributed by atoms with Gasteiger partial charge in [0.1, 0.15) is 5.75 Å². The molecule has 0 aliphatic heterocycles. The second kappa shape index (κ2) is 7.55. The van der Waals surface area contributed by atoms with Gasteiger partial charge in [0.2, 0.25) is 5.91 Å². The highest BCUT2D eigenvalue weighted by Gasteiger charge is 2.05. The molecule has 5 heteroatoms. The van der Waals surface area contributed by atoms with Crippen LogP contribution in [0.3, 0.4) is 0 Å². The van der Waals surface area contributed by atoms with Gasteiger partial charge in [-0.15, -0.1) is 0 Å². The number of hydrogen-bond donors (Lipinski definition) is 2. The molecule has 0 bridgehead atoms. The summed E-state index contributed by atoms with van der Waals surface area (Å²) in [6, 6.07) is 14.7. The lowest BCUT2D eigenvalue weighted by atomic mass is 10.2. The van der Waals surface area contributed by atoms with Crippen molar-refractivity contribution in [1.29, 1.82) is 0 Å². The Morgan fingerprint density at radius 3 is 2.76 bits per heavy atom. The number of benzene rings is 2. The topological polar surface area (TPSA) is 50.4 Å². The van der Waals surface area contributed by atoms with Crippen LogP contribution in [0.1, 0.15) is 6.42 Å². The maximum Gasteiger partial charge on any atom is 0.226 e. The van der Waals surface area contributed by atoms with Gasteiger partial charge < -0.3 is 15.4 Å². The normalized spacial score (nSPS) is 10.0. The van der Waals surface area contributed by atoms with Crippen LogP contribution >= 0.6 is 11.6 Å². The standard InChI is InChI=1S/C16H17ClN2O2/c1-21-13-6-4-5-12(11-13)18-10-9-16(20)19-15-8-3-2-7-14(15)17/h2-8,11,18H,9-10H2,1H3,(H,19,20). The minimum absolute atomic E-state index is 0.0847. The summed E-state index contributed by atoms with van der Waals surface area (Å²) in [5.41, 5.74) is 1.55. The van der Waals surface area contributed by atoms with E-state index in [1.807, 2.05) is 36.4 Å². The molecule has 4 nitrogen and oxygen atoms in total. The van der Waals surface area contributed by atoms with E-state index in [-0.39, 0.29) is 5.91 Å². The van der Waals surface area contributed by atoms with Gasteiger partial charge in [-0.25, -0.2) is 0 Å². The predicted molar refractivity (Wildman–Crippen MR) is 86.2 cm³/mol. The first-order valence-electron chi connectivity index (χ1n) is 6.61. The zero-order valence-electron chi connectivity index (χ0n) is 11.7. The number of amides is 1. The van der Waals surface area contributed by atoms with Crippen molar-refractivity contribution < 1.29 is 9.53 Å². The van der Waals surface area contributed by atoms with Gasteiger partial charge in [0.05, 0.1) is 17.8 Å².